The first kappa shape index (κ1) is 14.0. The molecule has 1 fully saturated rings. The third kappa shape index (κ3) is 4.06. The number of aliphatic hydroxyl groups excluding tert-OH is 1. The number of hydrogen-bond donors (Lipinski definition) is 1. The van der Waals surface area contributed by atoms with E-state index in [1.807, 2.05) is 0 Å². The highest BCUT2D eigenvalue weighted by Crippen LogP contribution is 2.33. The summed E-state index contributed by atoms with van der Waals surface area (Å²) in [7, 11) is 0. The Hall–Kier alpha value is -0.0800. The molecule has 2 nitrogen and oxygen atoms in total. The van der Waals surface area contributed by atoms with E-state index in [0.717, 1.165) is 18.3 Å². The molecule has 0 aromatic heterocycles. The molecule has 0 aromatic rings. The number of hydrogen-bond acceptors (Lipinski definition) is 2. The van der Waals surface area contributed by atoms with E-state index in [4.69, 9.17) is 5.11 Å². The van der Waals surface area contributed by atoms with Crippen molar-refractivity contribution < 1.29 is 5.11 Å². The van der Waals surface area contributed by atoms with Crippen LogP contribution >= 0.6 is 0 Å². The van der Waals surface area contributed by atoms with Gasteiger partial charge in [-0.25, -0.2) is 0 Å². The fourth-order valence-corrected chi connectivity index (χ4v) is 2.84. The van der Waals surface area contributed by atoms with Crippen LogP contribution in [0, 0.1) is 11.8 Å². The summed E-state index contributed by atoms with van der Waals surface area (Å²) in [4.78, 5) is 2.64. The lowest BCUT2D eigenvalue weighted by atomic mass is 9.81. The van der Waals surface area contributed by atoms with Crippen LogP contribution < -0.4 is 0 Å². The van der Waals surface area contributed by atoms with E-state index in [2.05, 4.69) is 32.6 Å². The zero-order valence-corrected chi connectivity index (χ0v) is 11.5. The van der Waals surface area contributed by atoms with E-state index in [1.54, 1.807) is 0 Å². The van der Waals surface area contributed by atoms with Gasteiger partial charge in [-0.15, -0.1) is 0 Å². The van der Waals surface area contributed by atoms with Crippen molar-refractivity contribution >= 4 is 0 Å². The van der Waals surface area contributed by atoms with Crippen molar-refractivity contribution in [3.8, 4) is 0 Å². The zero-order valence-electron chi connectivity index (χ0n) is 11.5. The van der Waals surface area contributed by atoms with E-state index < -0.39 is 0 Å². The number of piperidine rings is 1. The van der Waals surface area contributed by atoms with Crippen molar-refractivity contribution in [2.45, 2.75) is 58.9 Å². The largest absolute Gasteiger partial charge is 0.396 e. The van der Waals surface area contributed by atoms with Gasteiger partial charge in [0.1, 0.15) is 0 Å². The van der Waals surface area contributed by atoms with Gasteiger partial charge in [-0.05, 0) is 64.5 Å². The molecule has 1 aliphatic rings. The molecule has 0 spiro atoms. The summed E-state index contributed by atoms with van der Waals surface area (Å²) in [5.74, 6) is 1.53. The smallest absolute Gasteiger partial charge is 0.0433 e. The lowest BCUT2D eigenvalue weighted by Crippen LogP contribution is -2.50. The van der Waals surface area contributed by atoms with Crippen LogP contribution in [0.25, 0.3) is 0 Å². The Morgan fingerprint density at radius 1 is 1.38 bits per heavy atom. The molecule has 1 heterocycles. The van der Waals surface area contributed by atoms with Gasteiger partial charge >= 0.3 is 0 Å². The SMILES string of the molecule is CC(C)CCN1CCC(CCO)CC1(C)C. The first-order valence-electron chi connectivity index (χ1n) is 6.81. The number of nitrogens with zero attached hydrogens (tertiary/aromatic N) is 1. The summed E-state index contributed by atoms with van der Waals surface area (Å²) in [5, 5.41) is 9.02. The van der Waals surface area contributed by atoms with E-state index in [1.165, 1.54) is 32.4 Å². The number of aliphatic hydroxyl groups is 1. The average molecular weight is 227 g/mol. The lowest BCUT2D eigenvalue weighted by molar-refractivity contribution is 0.0357. The minimum atomic E-state index is 0.326. The molecule has 0 bridgehead atoms. The van der Waals surface area contributed by atoms with Gasteiger partial charge in [0.05, 0.1) is 0 Å². The van der Waals surface area contributed by atoms with Crippen LogP contribution in [0.15, 0.2) is 0 Å². The van der Waals surface area contributed by atoms with Crippen LogP contribution in [-0.4, -0.2) is 35.2 Å². The van der Waals surface area contributed by atoms with Crippen molar-refractivity contribution in [3.63, 3.8) is 0 Å². The molecule has 0 saturated carbocycles. The normalized spacial score (nSPS) is 26.2. The number of rotatable bonds is 5. The summed E-state index contributed by atoms with van der Waals surface area (Å²) in [6, 6.07) is 0. The Balaban J connectivity index is 2.43. The summed E-state index contributed by atoms with van der Waals surface area (Å²) in [6.07, 6.45) is 4.79. The van der Waals surface area contributed by atoms with Gasteiger partial charge in [0, 0.05) is 12.1 Å². The fraction of sp³-hybridized carbons (Fsp3) is 1.00. The van der Waals surface area contributed by atoms with Crippen molar-refractivity contribution in [1.29, 1.82) is 0 Å². The third-order valence-electron chi connectivity index (χ3n) is 3.97. The van der Waals surface area contributed by atoms with Gasteiger partial charge in [0.15, 0.2) is 0 Å². The number of likely N-dealkylation sites (tertiary alicyclic amines) is 1. The molecule has 0 aliphatic carbocycles. The minimum absolute atomic E-state index is 0.326. The van der Waals surface area contributed by atoms with Crippen LogP contribution in [-0.2, 0) is 0 Å². The van der Waals surface area contributed by atoms with Gasteiger partial charge < -0.3 is 5.11 Å². The Kier molecular flexibility index (Phi) is 5.26. The fourth-order valence-electron chi connectivity index (χ4n) is 2.84. The van der Waals surface area contributed by atoms with Crippen molar-refractivity contribution in [3.05, 3.63) is 0 Å². The predicted molar refractivity (Wildman–Crippen MR) is 69.5 cm³/mol. The van der Waals surface area contributed by atoms with Crippen LogP contribution in [0.5, 0.6) is 0 Å². The van der Waals surface area contributed by atoms with E-state index in [-0.39, 0.29) is 0 Å². The molecular weight excluding hydrogens is 198 g/mol. The van der Waals surface area contributed by atoms with Crippen LogP contribution in [0.2, 0.25) is 0 Å². The van der Waals surface area contributed by atoms with Gasteiger partial charge in [-0.2, -0.15) is 0 Å². The molecule has 1 saturated heterocycles. The highest BCUT2D eigenvalue weighted by atomic mass is 16.3. The Morgan fingerprint density at radius 3 is 2.56 bits per heavy atom. The van der Waals surface area contributed by atoms with Crippen molar-refractivity contribution in [2.24, 2.45) is 11.8 Å². The Bertz CT molecular complexity index is 201. The van der Waals surface area contributed by atoms with Crippen molar-refractivity contribution in [1.82, 2.24) is 4.90 Å². The molecule has 96 valence electrons. The van der Waals surface area contributed by atoms with E-state index in [9.17, 15) is 0 Å². The molecule has 16 heavy (non-hydrogen) atoms. The monoisotopic (exact) mass is 227 g/mol. The maximum absolute atomic E-state index is 9.02. The Labute approximate surface area is 101 Å². The van der Waals surface area contributed by atoms with Gasteiger partial charge in [-0.1, -0.05) is 13.8 Å². The molecular formula is C14H29NO. The van der Waals surface area contributed by atoms with Gasteiger partial charge in [0.2, 0.25) is 0 Å². The maximum Gasteiger partial charge on any atom is 0.0433 e. The highest BCUT2D eigenvalue weighted by molar-refractivity contribution is 4.89. The first-order valence-corrected chi connectivity index (χ1v) is 6.81. The van der Waals surface area contributed by atoms with E-state index in [0.29, 0.717) is 12.1 Å². The maximum atomic E-state index is 9.02. The summed E-state index contributed by atoms with van der Waals surface area (Å²) in [6.45, 7) is 12.1. The summed E-state index contributed by atoms with van der Waals surface area (Å²) in [5.41, 5.74) is 0.326. The van der Waals surface area contributed by atoms with Crippen LogP contribution in [0.4, 0.5) is 0 Å². The van der Waals surface area contributed by atoms with Gasteiger partial charge in [0.25, 0.3) is 0 Å². The second-order valence-corrected chi connectivity index (χ2v) is 6.35. The molecule has 0 aromatic carbocycles. The quantitative estimate of drug-likeness (QED) is 0.780. The van der Waals surface area contributed by atoms with Crippen LogP contribution in [0.3, 0.4) is 0 Å². The molecule has 1 unspecified atom stereocenters. The van der Waals surface area contributed by atoms with E-state index >= 15 is 0 Å². The predicted octanol–water partition coefficient (Wildman–Crippen LogP) is 2.91. The first-order chi connectivity index (χ1) is 7.45. The minimum Gasteiger partial charge on any atom is -0.396 e. The molecule has 1 N–H and O–H groups in total. The zero-order chi connectivity index (χ0) is 12.2. The molecule has 2 heteroatoms. The standard InChI is InChI=1S/C14H29NO/c1-12(2)5-8-15-9-6-13(7-10-16)11-14(15,3)4/h12-13,16H,5-11H2,1-4H3. The highest BCUT2D eigenvalue weighted by Gasteiger charge is 2.33. The van der Waals surface area contributed by atoms with Crippen LogP contribution in [0.1, 0.15) is 53.4 Å². The second kappa shape index (κ2) is 6.02. The van der Waals surface area contributed by atoms with Gasteiger partial charge in [-0.3, -0.25) is 4.90 Å². The Morgan fingerprint density at radius 2 is 2.06 bits per heavy atom. The molecule has 1 rings (SSSR count). The molecule has 0 radical (unpaired) electrons. The molecule has 1 atom stereocenters. The average Bonchev–Trinajstić information content (AvgIpc) is 2.15. The summed E-state index contributed by atoms with van der Waals surface area (Å²) < 4.78 is 0. The molecule has 1 aliphatic heterocycles. The topological polar surface area (TPSA) is 23.5 Å². The third-order valence-corrected chi connectivity index (χ3v) is 3.97. The lowest BCUT2D eigenvalue weighted by Gasteiger charge is -2.46. The second-order valence-electron chi connectivity index (χ2n) is 6.35. The summed E-state index contributed by atoms with van der Waals surface area (Å²) >= 11 is 0. The molecule has 0 amide bonds. The van der Waals surface area contributed by atoms with Crippen molar-refractivity contribution in [2.75, 3.05) is 19.7 Å².